The van der Waals surface area contributed by atoms with E-state index in [1.165, 1.54) is 0 Å². The molecule has 4 rings (SSSR count). The van der Waals surface area contributed by atoms with E-state index in [0.29, 0.717) is 29.6 Å². The lowest BCUT2D eigenvalue weighted by Crippen LogP contribution is -2.25. The summed E-state index contributed by atoms with van der Waals surface area (Å²) in [6.07, 6.45) is 2.12. The van der Waals surface area contributed by atoms with E-state index in [1.807, 2.05) is 38.1 Å². The minimum atomic E-state index is -0.334. The number of aromatic nitrogens is 5. The zero-order valence-corrected chi connectivity index (χ0v) is 17.3. The second-order valence-electron chi connectivity index (χ2n) is 7.09. The van der Waals surface area contributed by atoms with Gasteiger partial charge < -0.3 is 16.0 Å². The summed E-state index contributed by atoms with van der Waals surface area (Å²) >= 11 is 6.02. The number of aromatic amines is 1. The van der Waals surface area contributed by atoms with Crippen LogP contribution in [0.25, 0.3) is 10.9 Å². The highest BCUT2D eigenvalue weighted by Gasteiger charge is 2.14. The molecule has 0 unspecified atom stereocenters. The van der Waals surface area contributed by atoms with Crippen LogP contribution in [0.1, 0.15) is 38.8 Å². The Balaban J connectivity index is 1.44. The molecule has 9 heteroatoms. The van der Waals surface area contributed by atoms with Gasteiger partial charge in [-0.25, -0.2) is 4.98 Å². The molecule has 0 saturated carbocycles. The van der Waals surface area contributed by atoms with Crippen molar-refractivity contribution in [2.45, 2.75) is 26.8 Å². The maximum Gasteiger partial charge on any atom is 0.289 e. The van der Waals surface area contributed by atoms with E-state index in [9.17, 15) is 4.79 Å². The molecule has 8 nitrogen and oxygen atoms in total. The van der Waals surface area contributed by atoms with Gasteiger partial charge in [-0.3, -0.25) is 9.78 Å². The Bertz CT molecular complexity index is 1230. The molecule has 3 heterocycles. The number of benzene rings is 1. The van der Waals surface area contributed by atoms with E-state index in [4.69, 9.17) is 17.3 Å². The van der Waals surface area contributed by atoms with Gasteiger partial charge in [-0.15, -0.1) is 10.2 Å². The minimum Gasteiger partial charge on any atom is -0.384 e. The van der Waals surface area contributed by atoms with Crippen molar-refractivity contribution >= 4 is 34.2 Å². The standard InChI is InChI=1S/C21H20ClN7O/c1-11-5-18(23)26-12(2)16(11)10-25-21(30)20-27-19(28-29-20)7-13-3-4-17-14(6-13)8-15(22)9-24-17/h3-6,8-9H,7,10H2,1-2H3,(H2,23,26)(H,25,30)(H,27,28,29). The molecule has 0 radical (unpaired) electrons. The van der Waals surface area contributed by atoms with E-state index < -0.39 is 0 Å². The summed E-state index contributed by atoms with van der Waals surface area (Å²) in [4.78, 5) is 24.0. The first kappa shape index (κ1) is 19.8. The van der Waals surface area contributed by atoms with Crippen LogP contribution in [0.15, 0.2) is 36.5 Å². The number of nitrogens with zero attached hydrogens (tertiary/aromatic N) is 4. The van der Waals surface area contributed by atoms with Crippen LogP contribution in [-0.2, 0) is 13.0 Å². The summed E-state index contributed by atoms with van der Waals surface area (Å²) in [5.74, 6) is 0.885. The van der Waals surface area contributed by atoms with Gasteiger partial charge in [0, 0.05) is 30.2 Å². The molecule has 0 spiro atoms. The predicted molar refractivity (Wildman–Crippen MR) is 115 cm³/mol. The van der Waals surface area contributed by atoms with Crippen LogP contribution in [-0.4, -0.2) is 31.1 Å². The highest BCUT2D eigenvalue weighted by molar-refractivity contribution is 6.31. The van der Waals surface area contributed by atoms with E-state index >= 15 is 0 Å². The Kier molecular flexibility index (Phi) is 5.33. The normalized spacial score (nSPS) is 11.0. The number of pyridine rings is 2. The van der Waals surface area contributed by atoms with Crippen molar-refractivity contribution in [3.63, 3.8) is 0 Å². The van der Waals surface area contributed by atoms with Crippen LogP contribution in [0.5, 0.6) is 0 Å². The van der Waals surface area contributed by atoms with E-state index in [-0.39, 0.29) is 11.7 Å². The maximum atomic E-state index is 12.5. The lowest BCUT2D eigenvalue weighted by atomic mass is 10.1. The van der Waals surface area contributed by atoms with Crippen molar-refractivity contribution in [3.8, 4) is 0 Å². The molecule has 30 heavy (non-hydrogen) atoms. The van der Waals surface area contributed by atoms with Crippen molar-refractivity contribution < 1.29 is 4.79 Å². The lowest BCUT2D eigenvalue weighted by Gasteiger charge is -2.10. The van der Waals surface area contributed by atoms with Gasteiger partial charge in [0.1, 0.15) is 11.6 Å². The average molecular weight is 422 g/mol. The number of amides is 1. The number of hydrogen-bond acceptors (Lipinski definition) is 6. The lowest BCUT2D eigenvalue weighted by molar-refractivity contribution is 0.0940. The summed E-state index contributed by atoms with van der Waals surface area (Å²) in [7, 11) is 0. The van der Waals surface area contributed by atoms with Gasteiger partial charge in [-0.1, -0.05) is 17.7 Å². The van der Waals surface area contributed by atoms with E-state index in [1.54, 1.807) is 12.3 Å². The van der Waals surface area contributed by atoms with Crippen molar-refractivity contribution in [1.29, 1.82) is 0 Å². The second kappa shape index (κ2) is 8.08. The number of aryl methyl sites for hydroxylation is 2. The molecule has 1 aromatic carbocycles. The van der Waals surface area contributed by atoms with Gasteiger partial charge in [-0.2, -0.15) is 0 Å². The Hall–Kier alpha value is -3.52. The van der Waals surface area contributed by atoms with Gasteiger partial charge in [0.15, 0.2) is 0 Å². The Morgan fingerprint density at radius 3 is 2.83 bits per heavy atom. The monoisotopic (exact) mass is 421 g/mol. The van der Waals surface area contributed by atoms with Gasteiger partial charge in [0.2, 0.25) is 5.82 Å². The van der Waals surface area contributed by atoms with E-state index in [2.05, 4.69) is 30.5 Å². The first-order valence-corrected chi connectivity index (χ1v) is 9.73. The van der Waals surface area contributed by atoms with Crippen LogP contribution in [0.3, 0.4) is 0 Å². The van der Waals surface area contributed by atoms with Crippen LogP contribution >= 0.6 is 11.6 Å². The molecular formula is C21H20ClN7O. The van der Waals surface area contributed by atoms with Gasteiger partial charge >= 0.3 is 0 Å². The number of halogens is 1. The number of nitrogen functional groups attached to an aromatic ring is 1. The number of hydrogen-bond donors (Lipinski definition) is 3. The van der Waals surface area contributed by atoms with Crippen LogP contribution in [0.4, 0.5) is 5.82 Å². The van der Waals surface area contributed by atoms with E-state index in [0.717, 1.165) is 33.3 Å². The highest BCUT2D eigenvalue weighted by Crippen LogP contribution is 2.19. The number of carbonyl (C=O) groups is 1. The molecule has 0 saturated heterocycles. The zero-order chi connectivity index (χ0) is 21.3. The van der Waals surface area contributed by atoms with Gasteiger partial charge in [-0.05, 0) is 54.8 Å². The summed E-state index contributed by atoms with van der Waals surface area (Å²) in [6, 6.07) is 9.54. The van der Waals surface area contributed by atoms with Crippen LogP contribution in [0, 0.1) is 13.8 Å². The fourth-order valence-electron chi connectivity index (χ4n) is 3.34. The summed E-state index contributed by atoms with van der Waals surface area (Å²) in [6.45, 7) is 4.13. The topological polar surface area (TPSA) is 122 Å². The number of carbonyl (C=O) groups excluding carboxylic acids is 1. The van der Waals surface area contributed by atoms with Crippen molar-refractivity contribution in [3.05, 3.63) is 75.6 Å². The maximum absolute atomic E-state index is 12.5. The Labute approximate surface area is 177 Å². The number of fused-ring (bicyclic) bond motifs is 1. The number of nitrogens with two attached hydrogens (primary N) is 1. The third-order valence-corrected chi connectivity index (χ3v) is 5.04. The molecule has 3 aromatic heterocycles. The largest absolute Gasteiger partial charge is 0.384 e. The first-order chi connectivity index (χ1) is 14.4. The van der Waals surface area contributed by atoms with Crippen molar-refractivity contribution in [1.82, 2.24) is 30.5 Å². The van der Waals surface area contributed by atoms with Crippen molar-refractivity contribution in [2.75, 3.05) is 5.73 Å². The molecule has 0 aliphatic rings. The number of rotatable bonds is 5. The molecule has 1 amide bonds. The summed E-state index contributed by atoms with van der Waals surface area (Å²) < 4.78 is 0. The second-order valence-corrected chi connectivity index (χ2v) is 7.52. The fourth-order valence-corrected chi connectivity index (χ4v) is 3.51. The zero-order valence-electron chi connectivity index (χ0n) is 16.5. The number of nitrogens with one attached hydrogen (secondary N) is 2. The quantitative estimate of drug-likeness (QED) is 0.455. The summed E-state index contributed by atoms with van der Waals surface area (Å²) in [5, 5.41) is 12.4. The molecule has 0 aliphatic carbocycles. The smallest absolute Gasteiger partial charge is 0.289 e. The molecule has 4 aromatic rings. The molecule has 0 fully saturated rings. The molecule has 4 N–H and O–H groups in total. The van der Waals surface area contributed by atoms with Crippen LogP contribution < -0.4 is 11.1 Å². The fraction of sp³-hybridized carbons (Fsp3) is 0.190. The molecule has 0 atom stereocenters. The molecule has 0 bridgehead atoms. The summed E-state index contributed by atoms with van der Waals surface area (Å²) in [5.41, 5.74) is 10.3. The Morgan fingerprint density at radius 2 is 2.03 bits per heavy atom. The highest BCUT2D eigenvalue weighted by atomic mass is 35.5. The predicted octanol–water partition coefficient (Wildman–Crippen LogP) is 3.12. The third-order valence-electron chi connectivity index (χ3n) is 4.83. The number of anilines is 1. The average Bonchev–Trinajstić information content (AvgIpc) is 3.15. The SMILES string of the molecule is Cc1cc(N)nc(C)c1CNC(=O)c1nnc(Cc2ccc3ncc(Cl)cc3c2)[nH]1. The number of H-pyrrole nitrogens is 1. The van der Waals surface area contributed by atoms with Gasteiger partial charge in [0.05, 0.1) is 10.5 Å². The van der Waals surface area contributed by atoms with Crippen molar-refractivity contribution in [2.24, 2.45) is 0 Å². The van der Waals surface area contributed by atoms with Crippen LogP contribution in [0.2, 0.25) is 5.02 Å². The molecular weight excluding hydrogens is 402 g/mol. The Morgan fingerprint density at radius 1 is 1.20 bits per heavy atom. The molecule has 0 aliphatic heterocycles. The van der Waals surface area contributed by atoms with Gasteiger partial charge in [0.25, 0.3) is 5.91 Å². The third kappa shape index (κ3) is 4.23. The first-order valence-electron chi connectivity index (χ1n) is 9.35. The molecule has 152 valence electrons. The minimum absolute atomic E-state index is 0.161.